The lowest BCUT2D eigenvalue weighted by molar-refractivity contribution is 0.188. The molecule has 3 nitrogen and oxygen atoms in total. The van der Waals surface area contributed by atoms with Crippen molar-refractivity contribution < 1.29 is 5.11 Å². The predicted molar refractivity (Wildman–Crippen MR) is 82.3 cm³/mol. The molecular weight excluding hydrogens is 324 g/mol. The number of aryl methyl sites for hydroxylation is 1. The van der Waals surface area contributed by atoms with Crippen LogP contribution >= 0.6 is 27.7 Å². The molecule has 1 aromatic heterocycles. The summed E-state index contributed by atoms with van der Waals surface area (Å²) in [5.74, 6) is 1.37. The zero-order chi connectivity index (χ0) is 13.7. The number of nitrogens with zero attached hydrogens (tertiary/aromatic N) is 2. The molecule has 0 aliphatic rings. The number of rotatable bonds is 6. The van der Waals surface area contributed by atoms with Gasteiger partial charge in [0, 0.05) is 34.1 Å². The highest BCUT2D eigenvalue weighted by Gasteiger charge is 2.13. The standard InChI is InChI=1S/C14H17BrN2OS/c1-2-8-17-9-7-16-14(17)13(18)10-19-12-5-3-11(15)4-6-12/h3-7,9,13,18H,2,8,10H2,1H3. The van der Waals surface area contributed by atoms with Gasteiger partial charge in [0.05, 0.1) is 0 Å². The van der Waals surface area contributed by atoms with Crippen LogP contribution in [0.5, 0.6) is 0 Å². The van der Waals surface area contributed by atoms with Crippen LogP contribution in [0.4, 0.5) is 0 Å². The molecule has 102 valence electrons. The quantitative estimate of drug-likeness (QED) is 0.811. The Morgan fingerprint density at radius 1 is 1.37 bits per heavy atom. The minimum absolute atomic E-state index is 0.532. The molecule has 1 atom stereocenters. The average Bonchev–Trinajstić information content (AvgIpc) is 2.86. The smallest absolute Gasteiger partial charge is 0.138 e. The Bertz CT molecular complexity index is 512. The van der Waals surface area contributed by atoms with E-state index in [1.54, 1.807) is 18.0 Å². The Balaban J connectivity index is 1.95. The third-order valence-corrected chi connectivity index (χ3v) is 4.35. The van der Waals surface area contributed by atoms with Crippen molar-refractivity contribution in [2.45, 2.75) is 30.9 Å². The summed E-state index contributed by atoms with van der Waals surface area (Å²) in [7, 11) is 0. The average molecular weight is 341 g/mol. The van der Waals surface area contributed by atoms with Crippen LogP contribution in [0.15, 0.2) is 46.0 Å². The van der Waals surface area contributed by atoms with E-state index in [-0.39, 0.29) is 0 Å². The van der Waals surface area contributed by atoms with Gasteiger partial charge >= 0.3 is 0 Å². The van der Waals surface area contributed by atoms with Crippen LogP contribution in [0.1, 0.15) is 25.3 Å². The van der Waals surface area contributed by atoms with E-state index in [4.69, 9.17) is 0 Å². The first-order valence-corrected chi connectivity index (χ1v) is 8.06. The number of aliphatic hydroxyl groups is 1. The van der Waals surface area contributed by atoms with E-state index >= 15 is 0 Å². The summed E-state index contributed by atoms with van der Waals surface area (Å²) in [5.41, 5.74) is 0. The SMILES string of the molecule is CCCn1ccnc1C(O)CSc1ccc(Br)cc1. The highest BCUT2D eigenvalue weighted by Crippen LogP contribution is 2.25. The number of aliphatic hydroxyl groups excluding tert-OH is 1. The molecule has 0 radical (unpaired) electrons. The number of imidazole rings is 1. The first-order chi connectivity index (χ1) is 9.20. The van der Waals surface area contributed by atoms with Gasteiger partial charge in [-0.25, -0.2) is 4.98 Å². The normalized spacial score (nSPS) is 12.6. The summed E-state index contributed by atoms with van der Waals surface area (Å²) >= 11 is 5.05. The third kappa shape index (κ3) is 4.09. The van der Waals surface area contributed by atoms with Crippen molar-refractivity contribution in [3.8, 4) is 0 Å². The summed E-state index contributed by atoms with van der Waals surface area (Å²) in [6, 6.07) is 8.10. The maximum atomic E-state index is 10.2. The molecule has 1 unspecified atom stereocenters. The Labute approximate surface area is 126 Å². The molecule has 5 heteroatoms. The monoisotopic (exact) mass is 340 g/mol. The van der Waals surface area contributed by atoms with Gasteiger partial charge in [0.15, 0.2) is 0 Å². The van der Waals surface area contributed by atoms with Gasteiger partial charge in [0.1, 0.15) is 11.9 Å². The molecule has 0 aliphatic heterocycles. The lowest BCUT2D eigenvalue weighted by atomic mass is 10.3. The molecule has 1 N–H and O–H groups in total. The Kier molecular flexibility index (Phi) is 5.48. The number of thioether (sulfide) groups is 1. The van der Waals surface area contributed by atoms with E-state index in [1.165, 1.54) is 0 Å². The van der Waals surface area contributed by atoms with Crippen molar-refractivity contribution in [1.29, 1.82) is 0 Å². The molecule has 0 saturated heterocycles. The van der Waals surface area contributed by atoms with E-state index in [0.29, 0.717) is 5.75 Å². The van der Waals surface area contributed by atoms with E-state index in [0.717, 1.165) is 28.2 Å². The number of halogens is 1. The molecular formula is C14H17BrN2OS. The van der Waals surface area contributed by atoms with Gasteiger partial charge in [-0.15, -0.1) is 11.8 Å². The summed E-state index contributed by atoms with van der Waals surface area (Å²) in [5, 5.41) is 10.2. The molecule has 1 heterocycles. The van der Waals surface area contributed by atoms with Crippen LogP contribution in [0, 0.1) is 0 Å². The van der Waals surface area contributed by atoms with Crippen LogP contribution in [-0.2, 0) is 6.54 Å². The van der Waals surface area contributed by atoms with E-state index in [9.17, 15) is 5.11 Å². The van der Waals surface area contributed by atoms with Gasteiger partial charge in [0.2, 0.25) is 0 Å². The van der Waals surface area contributed by atoms with E-state index in [2.05, 4.69) is 27.8 Å². The zero-order valence-electron chi connectivity index (χ0n) is 10.8. The maximum absolute atomic E-state index is 10.2. The fourth-order valence-electron chi connectivity index (χ4n) is 1.83. The van der Waals surface area contributed by atoms with Crippen molar-refractivity contribution in [3.05, 3.63) is 47.0 Å². The van der Waals surface area contributed by atoms with Crippen molar-refractivity contribution in [1.82, 2.24) is 9.55 Å². The topological polar surface area (TPSA) is 38.0 Å². The van der Waals surface area contributed by atoms with Gasteiger partial charge in [-0.1, -0.05) is 22.9 Å². The molecule has 0 spiro atoms. The van der Waals surface area contributed by atoms with Gasteiger partial charge in [-0.2, -0.15) is 0 Å². The second-order valence-electron chi connectivity index (χ2n) is 4.26. The summed E-state index contributed by atoms with van der Waals surface area (Å²) in [6.07, 6.45) is 4.18. The molecule has 0 bridgehead atoms. The largest absolute Gasteiger partial charge is 0.384 e. The second-order valence-corrected chi connectivity index (χ2v) is 6.27. The Morgan fingerprint density at radius 3 is 2.79 bits per heavy atom. The Hall–Kier alpha value is -0.780. The molecule has 1 aromatic carbocycles. The molecule has 2 aromatic rings. The fraction of sp³-hybridized carbons (Fsp3) is 0.357. The minimum Gasteiger partial charge on any atom is -0.384 e. The van der Waals surface area contributed by atoms with Gasteiger partial charge in [-0.05, 0) is 30.7 Å². The van der Waals surface area contributed by atoms with Crippen molar-refractivity contribution >= 4 is 27.7 Å². The lowest BCUT2D eigenvalue weighted by Gasteiger charge is -2.12. The summed E-state index contributed by atoms with van der Waals surface area (Å²) < 4.78 is 3.09. The summed E-state index contributed by atoms with van der Waals surface area (Å²) in [6.45, 7) is 3.02. The van der Waals surface area contributed by atoms with Crippen LogP contribution in [0.2, 0.25) is 0 Å². The van der Waals surface area contributed by atoms with E-state index < -0.39 is 6.10 Å². The van der Waals surface area contributed by atoms with Crippen molar-refractivity contribution in [3.63, 3.8) is 0 Å². The van der Waals surface area contributed by atoms with Gasteiger partial charge < -0.3 is 9.67 Å². The molecule has 19 heavy (non-hydrogen) atoms. The Morgan fingerprint density at radius 2 is 2.11 bits per heavy atom. The lowest BCUT2D eigenvalue weighted by Crippen LogP contribution is -2.10. The van der Waals surface area contributed by atoms with E-state index in [1.807, 2.05) is 35.0 Å². The second kappa shape index (κ2) is 7.12. The maximum Gasteiger partial charge on any atom is 0.138 e. The summed E-state index contributed by atoms with van der Waals surface area (Å²) in [4.78, 5) is 5.40. The fourth-order valence-corrected chi connectivity index (χ4v) is 2.92. The molecule has 2 rings (SSSR count). The van der Waals surface area contributed by atoms with Crippen LogP contribution in [0.25, 0.3) is 0 Å². The number of hydrogen-bond donors (Lipinski definition) is 1. The molecule has 0 fully saturated rings. The molecule has 0 saturated carbocycles. The van der Waals surface area contributed by atoms with Crippen molar-refractivity contribution in [2.24, 2.45) is 0 Å². The molecule has 0 amide bonds. The molecule has 0 aliphatic carbocycles. The highest BCUT2D eigenvalue weighted by molar-refractivity contribution is 9.10. The predicted octanol–water partition coefficient (Wildman–Crippen LogP) is 3.88. The zero-order valence-corrected chi connectivity index (χ0v) is 13.2. The number of benzene rings is 1. The van der Waals surface area contributed by atoms with Crippen LogP contribution in [0.3, 0.4) is 0 Å². The highest BCUT2D eigenvalue weighted by atomic mass is 79.9. The van der Waals surface area contributed by atoms with Crippen LogP contribution in [-0.4, -0.2) is 20.4 Å². The minimum atomic E-state index is -0.532. The van der Waals surface area contributed by atoms with Gasteiger partial charge in [-0.3, -0.25) is 0 Å². The first kappa shape index (κ1) is 14.6. The van der Waals surface area contributed by atoms with Crippen LogP contribution < -0.4 is 0 Å². The third-order valence-electron chi connectivity index (χ3n) is 2.73. The van der Waals surface area contributed by atoms with Gasteiger partial charge in [0.25, 0.3) is 0 Å². The van der Waals surface area contributed by atoms with Crippen molar-refractivity contribution in [2.75, 3.05) is 5.75 Å². The number of aromatic nitrogens is 2. The number of hydrogen-bond acceptors (Lipinski definition) is 3. The first-order valence-electron chi connectivity index (χ1n) is 6.28.